The van der Waals surface area contributed by atoms with Crippen LogP contribution in [-0.4, -0.2) is 69.9 Å². The topological polar surface area (TPSA) is 136 Å². The standard InChI is InChI=1S/C17H31BN2O7/c1-11(19-15(24)27-16(2,3)4)13(21)20-9-12(6-7-18(25)26)8-17(5,10-20)14(22)23/h11-12,25-26H,6-10H2,1-5H3,(H,19,24)(H,22,23)/t11-,12+,17+/m0/s1. The monoisotopic (exact) mass is 386 g/mol. The van der Waals surface area contributed by atoms with Gasteiger partial charge in [0.15, 0.2) is 0 Å². The SMILES string of the molecule is C[C@H](NC(=O)OC(C)(C)C)C(=O)N1C[C@H](CCB(O)O)C[C@@](C)(C(=O)O)C1. The van der Waals surface area contributed by atoms with Crippen LogP contribution in [0.1, 0.15) is 47.5 Å². The summed E-state index contributed by atoms with van der Waals surface area (Å²) in [5.41, 5.74) is -1.83. The summed E-state index contributed by atoms with van der Waals surface area (Å²) in [6, 6.07) is -0.875. The van der Waals surface area contributed by atoms with Crippen LogP contribution in [0.4, 0.5) is 4.79 Å². The lowest BCUT2D eigenvalue weighted by Crippen LogP contribution is -2.56. The van der Waals surface area contributed by atoms with Gasteiger partial charge in [-0.3, -0.25) is 9.59 Å². The molecule has 0 aromatic heterocycles. The number of aliphatic carboxylic acids is 1. The van der Waals surface area contributed by atoms with E-state index in [9.17, 15) is 19.5 Å². The lowest BCUT2D eigenvalue weighted by molar-refractivity contribution is -0.156. The van der Waals surface area contributed by atoms with E-state index in [0.717, 1.165) is 0 Å². The molecular weight excluding hydrogens is 355 g/mol. The zero-order valence-corrected chi connectivity index (χ0v) is 16.7. The highest BCUT2D eigenvalue weighted by Gasteiger charge is 2.44. The number of likely N-dealkylation sites (tertiary alicyclic amines) is 1. The highest BCUT2D eigenvalue weighted by atomic mass is 16.6. The van der Waals surface area contributed by atoms with Crippen molar-refractivity contribution in [2.45, 2.75) is 65.4 Å². The van der Waals surface area contributed by atoms with Crippen LogP contribution in [-0.2, 0) is 14.3 Å². The van der Waals surface area contributed by atoms with Gasteiger partial charge in [0.2, 0.25) is 5.91 Å². The number of alkyl carbamates (subject to hydrolysis) is 1. The molecule has 1 rings (SSSR count). The Balaban J connectivity index is 2.82. The number of nitrogens with one attached hydrogen (secondary N) is 1. The van der Waals surface area contributed by atoms with Gasteiger partial charge in [-0.1, -0.05) is 6.42 Å². The number of amides is 2. The van der Waals surface area contributed by atoms with Gasteiger partial charge < -0.3 is 30.1 Å². The molecule has 1 aliphatic heterocycles. The molecular formula is C17H31BN2O7. The third-order valence-corrected chi connectivity index (χ3v) is 4.52. The van der Waals surface area contributed by atoms with Gasteiger partial charge in [-0.25, -0.2) is 4.79 Å². The first-order valence-electron chi connectivity index (χ1n) is 9.11. The Morgan fingerprint density at radius 2 is 1.93 bits per heavy atom. The van der Waals surface area contributed by atoms with Gasteiger partial charge in [-0.05, 0) is 53.3 Å². The normalized spacial score (nSPS) is 24.1. The van der Waals surface area contributed by atoms with Gasteiger partial charge in [-0.15, -0.1) is 0 Å². The molecule has 0 saturated carbocycles. The minimum Gasteiger partial charge on any atom is -0.481 e. The quantitative estimate of drug-likeness (QED) is 0.493. The molecule has 1 fully saturated rings. The molecule has 0 spiro atoms. The molecule has 1 saturated heterocycles. The van der Waals surface area contributed by atoms with E-state index in [0.29, 0.717) is 19.4 Å². The summed E-state index contributed by atoms with van der Waals surface area (Å²) in [5, 5.41) is 30.2. The number of piperidine rings is 1. The van der Waals surface area contributed by atoms with Crippen molar-refractivity contribution in [1.82, 2.24) is 10.2 Å². The second kappa shape index (κ2) is 8.92. The molecule has 4 N–H and O–H groups in total. The van der Waals surface area contributed by atoms with Gasteiger partial charge in [0.05, 0.1) is 5.41 Å². The summed E-state index contributed by atoms with van der Waals surface area (Å²) >= 11 is 0. The van der Waals surface area contributed by atoms with Crippen molar-refractivity contribution in [3.8, 4) is 0 Å². The molecule has 3 atom stereocenters. The predicted molar refractivity (Wildman–Crippen MR) is 98.9 cm³/mol. The highest BCUT2D eigenvalue weighted by molar-refractivity contribution is 6.40. The number of rotatable bonds is 6. The fourth-order valence-corrected chi connectivity index (χ4v) is 3.28. The molecule has 0 radical (unpaired) electrons. The number of carboxylic acids is 1. The van der Waals surface area contributed by atoms with Crippen LogP contribution >= 0.6 is 0 Å². The Morgan fingerprint density at radius 1 is 1.33 bits per heavy atom. The van der Waals surface area contributed by atoms with E-state index < -0.39 is 42.1 Å². The summed E-state index contributed by atoms with van der Waals surface area (Å²) in [4.78, 5) is 37.8. The van der Waals surface area contributed by atoms with Crippen molar-refractivity contribution in [3.05, 3.63) is 0 Å². The summed E-state index contributed by atoms with van der Waals surface area (Å²) in [7, 11) is -1.47. The van der Waals surface area contributed by atoms with Crippen molar-refractivity contribution >= 4 is 25.1 Å². The largest absolute Gasteiger partial charge is 0.481 e. The van der Waals surface area contributed by atoms with Crippen LogP contribution in [0.25, 0.3) is 0 Å². The lowest BCUT2D eigenvalue weighted by atomic mass is 9.72. The smallest absolute Gasteiger partial charge is 0.451 e. The molecule has 10 heteroatoms. The molecule has 0 bridgehead atoms. The van der Waals surface area contributed by atoms with Crippen LogP contribution in [0.15, 0.2) is 0 Å². The Hall–Kier alpha value is -1.81. The molecule has 154 valence electrons. The molecule has 0 aromatic rings. The average Bonchev–Trinajstić information content (AvgIpc) is 2.49. The number of carboxylic acid groups (broad SMARTS) is 1. The van der Waals surface area contributed by atoms with Crippen LogP contribution in [0.3, 0.4) is 0 Å². The number of ether oxygens (including phenoxy) is 1. The Morgan fingerprint density at radius 3 is 2.41 bits per heavy atom. The van der Waals surface area contributed by atoms with Crippen molar-refractivity contribution < 1.29 is 34.3 Å². The first kappa shape index (κ1) is 23.2. The van der Waals surface area contributed by atoms with Gasteiger partial charge in [0.1, 0.15) is 11.6 Å². The second-order valence-electron chi connectivity index (χ2n) is 8.58. The lowest BCUT2D eigenvalue weighted by Gasteiger charge is -2.43. The number of carbonyl (C=O) groups excluding carboxylic acids is 2. The fraction of sp³-hybridized carbons (Fsp3) is 0.824. The Labute approximate surface area is 160 Å². The number of nitrogens with zero attached hydrogens (tertiary/aromatic N) is 1. The van der Waals surface area contributed by atoms with Crippen molar-refractivity contribution in [3.63, 3.8) is 0 Å². The molecule has 27 heavy (non-hydrogen) atoms. The summed E-state index contributed by atoms with van der Waals surface area (Å²) in [6.45, 7) is 8.55. The third kappa shape index (κ3) is 7.38. The van der Waals surface area contributed by atoms with E-state index in [1.165, 1.54) is 11.8 Å². The van der Waals surface area contributed by atoms with Gasteiger partial charge in [0.25, 0.3) is 0 Å². The second-order valence-corrected chi connectivity index (χ2v) is 8.58. The average molecular weight is 386 g/mol. The predicted octanol–water partition coefficient (Wildman–Crippen LogP) is 0.702. The van der Waals surface area contributed by atoms with Crippen LogP contribution in [0, 0.1) is 11.3 Å². The minimum absolute atomic E-state index is 0.0275. The summed E-state index contributed by atoms with van der Waals surface area (Å²) in [5.74, 6) is -1.59. The van der Waals surface area contributed by atoms with Gasteiger partial charge >= 0.3 is 19.2 Å². The van der Waals surface area contributed by atoms with Crippen molar-refractivity contribution in [2.24, 2.45) is 11.3 Å². The van der Waals surface area contributed by atoms with E-state index in [-0.39, 0.29) is 18.8 Å². The first-order chi connectivity index (χ1) is 12.2. The maximum Gasteiger partial charge on any atom is 0.451 e. The zero-order valence-electron chi connectivity index (χ0n) is 16.7. The first-order valence-corrected chi connectivity index (χ1v) is 9.11. The van der Waals surface area contributed by atoms with Gasteiger partial charge in [-0.2, -0.15) is 0 Å². The fourth-order valence-electron chi connectivity index (χ4n) is 3.28. The number of carbonyl (C=O) groups is 3. The number of hydrogen-bond donors (Lipinski definition) is 4. The summed E-state index contributed by atoms with van der Waals surface area (Å²) < 4.78 is 5.14. The van der Waals surface area contributed by atoms with E-state index >= 15 is 0 Å². The number of hydrogen-bond acceptors (Lipinski definition) is 6. The van der Waals surface area contributed by atoms with Crippen LogP contribution < -0.4 is 5.32 Å². The molecule has 1 aliphatic rings. The molecule has 1 heterocycles. The molecule has 2 amide bonds. The van der Waals surface area contributed by atoms with Crippen LogP contribution in [0.5, 0.6) is 0 Å². The van der Waals surface area contributed by atoms with E-state index in [1.54, 1.807) is 27.7 Å². The molecule has 0 unspecified atom stereocenters. The van der Waals surface area contributed by atoms with E-state index in [2.05, 4.69) is 5.32 Å². The molecule has 0 aliphatic carbocycles. The van der Waals surface area contributed by atoms with E-state index in [1.807, 2.05) is 0 Å². The minimum atomic E-state index is -1.47. The molecule has 0 aromatic carbocycles. The Kier molecular flexibility index (Phi) is 7.68. The highest BCUT2D eigenvalue weighted by Crippen LogP contribution is 2.35. The molecule has 9 nitrogen and oxygen atoms in total. The van der Waals surface area contributed by atoms with Crippen molar-refractivity contribution in [2.75, 3.05) is 13.1 Å². The Bertz CT molecular complexity index is 564. The van der Waals surface area contributed by atoms with Crippen LogP contribution in [0.2, 0.25) is 6.32 Å². The van der Waals surface area contributed by atoms with Crippen molar-refractivity contribution in [1.29, 1.82) is 0 Å². The summed E-state index contributed by atoms with van der Waals surface area (Å²) in [6.07, 6.45) is 0.111. The maximum absolute atomic E-state index is 12.8. The van der Waals surface area contributed by atoms with Gasteiger partial charge in [0, 0.05) is 13.1 Å². The third-order valence-electron chi connectivity index (χ3n) is 4.52. The van der Waals surface area contributed by atoms with E-state index in [4.69, 9.17) is 14.8 Å². The maximum atomic E-state index is 12.8. The zero-order chi connectivity index (χ0) is 21.0.